The first kappa shape index (κ1) is 18.6. The van der Waals surface area contributed by atoms with Crippen molar-refractivity contribution in [2.45, 2.75) is 44.4 Å². The summed E-state index contributed by atoms with van der Waals surface area (Å²) in [5, 5.41) is 12.6. The van der Waals surface area contributed by atoms with Crippen molar-refractivity contribution in [2.75, 3.05) is 0 Å². The number of imidazole rings is 2. The first-order chi connectivity index (χ1) is 14.6. The van der Waals surface area contributed by atoms with Crippen LogP contribution in [-0.2, 0) is 6.54 Å². The topological polar surface area (TPSA) is 104 Å². The minimum absolute atomic E-state index is 0.0735. The summed E-state index contributed by atoms with van der Waals surface area (Å²) in [7, 11) is 0. The number of aliphatic hydroxyl groups is 1. The molecule has 0 bridgehead atoms. The lowest BCUT2D eigenvalue weighted by molar-refractivity contribution is 0.0950. The van der Waals surface area contributed by atoms with Gasteiger partial charge in [0.2, 0.25) is 0 Å². The normalized spacial score (nSPS) is 19.4. The van der Waals surface area contributed by atoms with E-state index in [1.807, 2.05) is 41.1 Å². The van der Waals surface area contributed by atoms with Crippen LogP contribution in [-0.4, -0.2) is 36.1 Å². The first-order valence-corrected chi connectivity index (χ1v) is 10.2. The molecular formula is C22H23N5O3. The highest BCUT2D eigenvalue weighted by Crippen LogP contribution is 2.29. The van der Waals surface area contributed by atoms with E-state index in [-0.39, 0.29) is 23.7 Å². The summed E-state index contributed by atoms with van der Waals surface area (Å²) in [6.45, 7) is 0.320. The Morgan fingerprint density at radius 2 is 2.03 bits per heavy atom. The van der Waals surface area contributed by atoms with Gasteiger partial charge in [0, 0.05) is 24.0 Å². The number of benzene rings is 1. The molecule has 1 saturated carbocycles. The third-order valence-corrected chi connectivity index (χ3v) is 5.85. The highest BCUT2D eigenvalue weighted by atomic mass is 16.3. The lowest BCUT2D eigenvalue weighted by atomic mass is 9.93. The molecule has 154 valence electrons. The fourth-order valence-electron chi connectivity index (χ4n) is 4.30. The Bertz CT molecular complexity index is 1240. The number of hydrogen-bond donors (Lipinski definition) is 3. The van der Waals surface area contributed by atoms with Crippen LogP contribution in [0.4, 0.5) is 0 Å². The standard InChI is InChI=1S/C22H23N5O3/c28-17-7-5-16(6-8-17)27-19-9-4-14(11-18(19)25-22(27)30)21(29)23-12-15-13-26-10-2-1-3-20(26)24-15/h1-4,9-11,13,16-17,28H,5-8,12H2,(H,23,29)(H,25,30). The molecule has 0 spiro atoms. The second-order valence-electron chi connectivity index (χ2n) is 7.88. The number of aromatic amines is 1. The van der Waals surface area contributed by atoms with E-state index >= 15 is 0 Å². The van der Waals surface area contributed by atoms with Gasteiger partial charge in [0.05, 0.1) is 29.4 Å². The third kappa shape index (κ3) is 3.39. The van der Waals surface area contributed by atoms with Crippen molar-refractivity contribution >= 4 is 22.6 Å². The number of H-pyrrole nitrogens is 1. The Labute approximate surface area is 172 Å². The largest absolute Gasteiger partial charge is 0.393 e. The maximum atomic E-state index is 12.6. The SMILES string of the molecule is O=C(NCc1cn2ccccc2n1)c1ccc2c(c1)[nH]c(=O)n2C1CCC(O)CC1. The van der Waals surface area contributed by atoms with Crippen molar-refractivity contribution in [1.82, 2.24) is 24.3 Å². The molecule has 0 aliphatic heterocycles. The molecule has 8 nitrogen and oxygen atoms in total. The summed E-state index contributed by atoms with van der Waals surface area (Å²) in [6.07, 6.45) is 6.48. The third-order valence-electron chi connectivity index (χ3n) is 5.85. The maximum absolute atomic E-state index is 12.6. The molecule has 1 aliphatic rings. The Morgan fingerprint density at radius 3 is 2.83 bits per heavy atom. The number of fused-ring (bicyclic) bond motifs is 2. The number of carbonyl (C=O) groups is 1. The van der Waals surface area contributed by atoms with Gasteiger partial charge in [0.1, 0.15) is 5.65 Å². The van der Waals surface area contributed by atoms with Gasteiger partial charge in [-0.1, -0.05) is 6.07 Å². The Hall–Kier alpha value is -3.39. The predicted octanol–water partition coefficient (Wildman–Crippen LogP) is 2.38. The zero-order valence-electron chi connectivity index (χ0n) is 16.4. The molecule has 4 aromatic rings. The van der Waals surface area contributed by atoms with Crippen LogP contribution in [0.1, 0.15) is 47.8 Å². The fourth-order valence-corrected chi connectivity index (χ4v) is 4.30. The number of pyridine rings is 1. The van der Waals surface area contributed by atoms with Gasteiger partial charge >= 0.3 is 5.69 Å². The van der Waals surface area contributed by atoms with E-state index in [1.54, 1.807) is 16.7 Å². The van der Waals surface area contributed by atoms with Crippen LogP contribution in [0.15, 0.2) is 53.6 Å². The van der Waals surface area contributed by atoms with E-state index in [4.69, 9.17) is 0 Å². The van der Waals surface area contributed by atoms with E-state index < -0.39 is 0 Å². The molecule has 0 saturated heterocycles. The molecular weight excluding hydrogens is 382 g/mol. The van der Waals surface area contributed by atoms with E-state index in [0.717, 1.165) is 29.7 Å². The summed E-state index contributed by atoms with van der Waals surface area (Å²) in [5.74, 6) is -0.219. The van der Waals surface area contributed by atoms with Crippen LogP contribution < -0.4 is 11.0 Å². The molecule has 8 heteroatoms. The number of rotatable bonds is 4. The van der Waals surface area contributed by atoms with E-state index in [0.29, 0.717) is 30.5 Å². The van der Waals surface area contributed by atoms with Crippen LogP contribution in [0.3, 0.4) is 0 Å². The van der Waals surface area contributed by atoms with E-state index in [9.17, 15) is 14.7 Å². The van der Waals surface area contributed by atoms with Crippen molar-refractivity contribution in [3.05, 3.63) is 70.5 Å². The Balaban J connectivity index is 1.34. The predicted molar refractivity (Wildman–Crippen MR) is 112 cm³/mol. The summed E-state index contributed by atoms with van der Waals surface area (Å²) in [6, 6.07) is 11.1. The van der Waals surface area contributed by atoms with E-state index in [1.165, 1.54) is 0 Å². The van der Waals surface area contributed by atoms with Gasteiger partial charge in [-0.25, -0.2) is 9.78 Å². The van der Waals surface area contributed by atoms with E-state index in [2.05, 4.69) is 15.3 Å². The molecule has 30 heavy (non-hydrogen) atoms. The van der Waals surface area contributed by atoms with Crippen molar-refractivity contribution in [1.29, 1.82) is 0 Å². The number of nitrogens with one attached hydrogen (secondary N) is 2. The van der Waals surface area contributed by atoms with Crippen LogP contribution >= 0.6 is 0 Å². The van der Waals surface area contributed by atoms with Crippen molar-refractivity contribution in [3.63, 3.8) is 0 Å². The van der Waals surface area contributed by atoms with Crippen LogP contribution in [0, 0.1) is 0 Å². The number of carbonyl (C=O) groups excluding carboxylic acids is 1. The Morgan fingerprint density at radius 1 is 1.20 bits per heavy atom. The summed E-state index contributed by atoms with van der Waals surface area (Å²) in [4.78, 5) is 32.5. The quantitative estimate of drug-likeness (QED) is 0.485. The van der Waals surface area contributed by atoms with Gasteiger partial charge in [0.15, 0.2) is 0 Å². The minimum atomic E-state index is -0.273. The molecule has 0 unspecified atom stereocenters. The van der Waals surface area contributed by atoms with Crippen molar-refractivity contribution < 1.29 is 9.90 Å². The number of amides is 1. The molecule has 5 rings (SSSR count). The second kappa shape index (κ2) is 7.46. The second-order valence-corrected chi connectivity index (χ2v) is 7.88. The number of hydrogen-bond acceptors (Lipinski definition) is 4. The lowest BCUT2D eigenvalue weighted by Crippen LogP contribution is -2.27. The molecule has 0 atom stereocenters. The smallest absolute Gasteiger partial charge is 0.326 e. The monoisotopic (exact) mass is 405 g/mol. The van der Waals surface area contributed by atoms with Gasteiger partial charge in [-0.15, -0.1) is 0 Å². The summed E-state index contributed by atoms with van der Waals surface area (Å²) in [5.41, 5.74) is 3.35. The molecule has 3 aromatic heterocycles. The highest BCUT2D eigenvalue weighted by Gasteiger charge is 2.24. The lowest BCUT2D eigenvalue weighted by Gasteiger charge is -2.26. The van der Waals surface area contributed by atoms with Gasteiger partial charge in [-0.05, 0) is 56.0 Å². The van der Waals surface area contributed by atoms with Gasteiger partial charge in [-0.2, -0.15) is 0 Å². The molecule has 1 fully saturated rings. The minimum Gasteiger partial charge on any atom is -0.393 e. The number of aromatic nitrogens is 4. The summed E-state index contributed by atoms with van der Waals surface area (Å²) < 4.78 is 3.67. The first-order valence-electron chi connectivity index (χ1n) is 10.2. The zero-order valence-corrected chi connectivity index (χ0v) is 16.4. The number of nitrogens with zero attached hydrogens (tertiary/aromatic N) is 3. The average Bonchev–Trinajstić information content (AvgIpc) is 3.31. The van der Waals surface area contributed by atoms with Gasteiger partial charge in [0.25, 0.3) is 5.91 Å². The average molecular weight is 405 g/mol. The van der Waals surface area contributed by atoms with Crippen LogP contribution in [0.5, 0.6) is 0 Å². The van der Waals surface area contributed by atoms with Gasteiger partial charge < -0.3 is 19.8 Å². The van der Waals surface area contributed by atoms with Crippen molar-refractivity contribution in [3.8, 4) is 0 Å². The maximum Gasteiger partial charge on any atom is 0.326 e. The van der Waals surface area contributed by atoms with Crippen LogP contribution in [0.2, 0.25) is 0 Å². The number of aliphatic hydroxyl groups excluding tert-OH is 1. The van der Waals surface area contributed by atoms with Crippen LogP contribution in [0.25, 0.3) is 16.7 Å². The molecule has 3 heterocycles. The molecule has 0 radical (unpaired) electrons. The molecule has 1 aromatic carbocycles. The molecule has 1 amide bonds. The molecule has 1 aliphatic carbocycles. The van der Waals surface area contributed by atoms with Gasteiger partial charge in [-0.3, -0.25) is 9.36 Å². The molecule has 3 N–H and O–H groups in total. The van der Waals surface area contributed by atoms with Crippen molar-refractivity contribution in [2.24, 2.45) is 0 Å². The fraction of sp³-hybridized carbons (Fsp3) is 0.318. The highest BCUT2D eigenvalue weighted by molar-refractivity contribution is 5.97. The summed E-state index contributed by atoms with van der Waals surface area (Å²) >= 11 is 0. The zero-order chi connectivity index (χ0) is 20.7. The Kier molecular flexibility index (Phi) is 4.63.